The standard InChI is InChI=1S/C32H35Br2ClN4O4S/c1-44(42,43)39-10-2-3-27(39)32(41)38-11-6-20(7-12-38)15-28(40)37-13-8-21(9-14-37)30-29-22(17-25(35)18-26(29)34)4-5-23-16-24(33)19-36-31(23)30/h2-3,10,16-21,30H,4-9,11-15H2,1H3/t30-/m1/s1. The summed E-state index contributed by atoms with van der Waals surface area (Å²) in [5, 5.41) is 0.730. The number of pyridine rings is 1. The number of aryl methyl sites for hydroxylation is 2. The molecule has 8 nitrogen and oxygen atoms in total. The Morgan fingerprint density at radius 1 is 0.977 bits per heavy atom. The molecule has 2 amide bonds. The van der Waals surface area contributed by atoms with Crippen LogP contribution in [-0.4, -0.2) is 71.4 Å². The minimum Gasteiger partial charge on any atom is -0.343 e. The summed E-state index contributed by atoms with van der Waals surface area (Å²) in [6.45, 7) is 2.45. The molecule has 12 heteroatoms. The molecule has 0 bridgehead atoms. The number of aromatic nitrogens is 2. The molecular formula is C32H35Br2ClN4O4S. The monoisotopic (exact) mass is 764 g/mol. The van der Waals surface area contributed by atoms with E-state index in [9.17, 15) is 18.0 Å². The second kappa shape index (κ2) is 12.9. The number of benzene rings is 1. The first kappa shape index (κ1) is 31.8. The third kappa shape index (κ3) is 6.52. The fourth-order valence-corrected chi connectivity index (χ4v) is 9.50. The topological polar surface area (TPSA) is 92.6 Å². The van der Waals surface area contributed by atoms with Gasteiger partial charge in [-0.3, -0.25) is 14.6 Å². The van der Waals surface area contributed by atoms with Gasteiger partial charge in [0.25, 0.3) is 5.91 Å². The highest BCUT2D eigenvalue weighted by atomic mass is 79.9. The zero-order valence-corrected chi connectivity index (χ0v) is 29.3. The van der Waals surface area contributed by atoms with E-state index in [-0.39, 0.29) is 29.3 Å². The molecule has 44 heavy (non-hydrogen) atoms. The molecule has 3 aromatic rings. The van der Waals surface area contributed by atoms with Crippen molar-refractivity contribution in [1.29, 1.82) is 0 Å². The molecule has 234 valence electrons. The van der Waals surface area contributed by atoms with Crippen LogP contribution in [0.15, 0.2) is 51.7 Å². The predicted molar refractivity (Wildman–Crippen MR) is 178 cm³/mol. The average Bonchev–Trinajstić information content (AvgIpc) is 3.44. The van der Waals surface area contributed by atoms with E-state index < -0.39 is 10.0 Å². The second-order valence-corrected chi connectivity index (χ2v) is 16.3. The summed E-state index contributed by atoms with van der Waals surface area (Å²) in [6.07, 6.45) is 9.90. The molecule has 2 fully saturated rings. The molecule has 0 radical (unpaired) electrons. The van der Waals surface area contributed by atoms with Crippen LogP contribution in [0.1, 0.15) is 70.9 Å². The molecule has 0 unspecified atom stereocenters. The summed E-state index contributed by atoms with van der Waals surface area (Å²) in [5.41, 5.74) is 5.08. The van der Waals surface area contributed by atoms with Crippen molar-refractivity contribution in [2.75, 3.05) is 32.4 Å². The zero-order chi connectivity index (χ0) is 31.2. The lowest BCUT2D eigenvalue weighted by Crippen LogP contribution is -2.43. The molecule has 0 saturated carbocycles. The minimum atomic E-state index is -3.56. The molecule has 2 aliphatic heterocycles. The van der Waals surface area contributed by atoms with Crippen LogP contribution in [0.25, 0.3) is 0 Å². The van der Waals surface area contributed by atoms with E-state index in [0.717, 1.165) is 68.4 Å². The summed E-state index contributed by atoms with van der Waals surface area (Å²) in [7, 11) is -3.56. The lowest BCUT2D eigenvalue weighted by atomic mass is 9.76. The maximum atomic E-state index is 13.4. The maximum Gasteiger partial charge on any atom is 0.271 e. The SMILES string of the molecule is CS(=O)(=O)n1cccc1C(=O)N1CCC(CC(=O)N2CCC([C@H]3c4ncc(Br)cc4CCc4cc(Cl)cc(Br)c43)CC2)CC1. The molecule has 6 rings (SSSR count). The number of hydrogen-bond donors (Lipinski definition) is 0. The van der Waals surface area contributed by atoms with Crippen LogP contribution >= 0.6 is 43.5 Å². The van der Waals surface area contributed by atoms with Gasteiger partial charge in [-0.2, -0.15) is 0 Å². The van der Waals surface area contributed by atoms with E-state index in [1.807, 2.05) is 17.2 Å². The van der Waals surface area contributed by atoms with Crippen molar-refractivity contribution in [3.05, 3.63) is 84.8 Å². The van der Waals surface area contributed by atoms with Crippen LogP contribution in [0.4, 0.5) is 0 Å². The van der Waals surface area contributed by atoms with Gasteiger partial charge in [-0.05, 0) is 113 Å². The van der Waals surface area contributed by atoms with E-state index in [1.54, 1.807) is 11.0 Å². The first-order valence-corrected chi connectivity index (χ1v) is 18.9. The third-order valence-corrected chi connectivity index (χ3v) is 11.8. The maximum absolute atomic E-state index is 13.4. The molecule has 2 saturated heterocycles. The van der Waals surface area contributed by atoms with Gasteiger partial charge in [0.05, 0.1) is 11.9 Å². The fraction of sp³-hybridized carbons (Fsp3) is 0.469. The van der Waals surface area contributed by atoms with Crippen LogP contribution in [0.3, 0.4) is 0 Å². The van der Waals surface area contributed by atoms with Crippen molar-refractivity contribution in [1.82, 2.24) is 18.8 Å². The highest BCUT2D eigenvalue weighted by molar-refractivity contribution is 9.10. The highest BCUT2D eigenvalue weighted by Gasteiger charge is 2.37. The Morgan fingerprint density at radius 3 is 2.36 bits per heavy atom. The van der Waals surface area contributed by atoms with Crippen LogP contribution in [0.5, 0.6) is 0 Å². The van der Waals surface area contributed by atoms with Gasteiger partial charge in [0, 0.05) is 64.9 Å². The number of fused-ring (bicyclic) bond motifs is 2. The molecule has 0 spiro atoms. The molecular weight excluding hydrogens is 732 g/mol. The lowest BCUT2D eigenvalue weighted by molar-refractivity contribution is -0.134. The molecule has 1 aromatic carbocycles. The molecule has 1 atom stereocenters. The minimum absolute atomic E-state index is 0.130. The van der Waals surface area contributed by atoms with Gasteiger partial charge in [-0.25, -0.2) is 12.4 Å². The van der Waals surface area contributed by atoms with Crippen molar-refractivity contribution in [2.45, 2.75) is 50.9 Å². The van der Waals surface area contributed by atoms with Gasteiger partial charge in [-0.15, -0.1) is 0 Å². The van der Waals surface area contributed by atoms with Gasteiger partial charge in [0.1, 0.15) is 5.69 Å². The van der Waals surface area contributed by atoms with Crippen molar-refractivity contribution < 1.29 is 18.0 Å². The van der Waals surface area contributed by atoms with Gasteiger partial charge in [0.2, 0.25) is 15.9 Å². The van der Waals surface area contributed by atoms with Crippen LogP contribution < -0.4 is 0 Å². The highest BCUT2D eigenvalue weighted by Crippen LogP contribution is 2.46. The van der Waals surface area contributed by atoms with Crippen molar-refractivity contribution >= 4 is 65.3 Å². The van der Waals surface area contributed by atoms with Crippen LogP contribution in [-0.2, 0) is 27.7 Å². The van der Waals surface area contributed by atoms with Gasteiger partial charge in [-0.1, -0.05) is 27.5 Å². The largest absolute Gasteiger partial charge is 0.343 e. The lowest BCUT2D eigenvalue weighted by Gasteiger charge is -2.38. The molecule has 0 N–H and O–H groups in total. The van der Waals surface area contributed by atoms with E-state index in [4.69, 9.17) is 16.6 Å². The van der Waals surface area contributed by atoms with E-state index in [1.165, 1.54) is 29.0 Å². The Balaban J connectivity index is 1.08. The zero-order valence-electron chi connectivity index (χ0n) is 24.5. The van der Waals surface area contributed by atoms with Crippen LogP contribution in [0.2, 0.25) is 5.02 Å². The first-order chi connectivity index (χ1) is 21.0. The Bertz CT molecular complexity index is 1700. The Morgan fingerprint density at radius 2 is 1.66 bits per heavy atom. The first-order valence-electron chi connectivity index (χ1n) is 15.1. The third-order valence-electron chi connectivity index (χ3n) is 9.44. The second-order valence-electron chi connectivity index (χ2n) is 12.2. The van der Waals surface area contributed by atoms with E-state index in [2.05, 4.69) is 44.0 Å². The number of halogens is 3. The summed E-state index contributed by atoms with van der Waals surface area (Å²) >= 11 is 13.9. The molecule has 3 aliphatic rings. The fourth-order valence-electron chi connectivity index (χ4n) is 7.21. The van der Waals surface area contributed by atoms with Gasteiger partial charge < -0.3 is 9.80 Å². The Hall–Kier alpha value is -2.21. The quantitative estimate of drug-likeness (QED) is 0.305. The average molecular weight is 767 g/mol. The number of carbonyl (C=O) groups is 2. The van der Waals surface area contributed by atoms with Gasteiger partial charge >= 0.3 is 0 Å². The summed E-state index contributed by atoms with van der Waals surface area (Å²) < 4.78 is 27.1. The van der Waals surface area contributed by atoms with Crippen molar-refractivity contribution in [3.8, 4) is 0 Å². The normalized spacial score (nSPS) is 19.8. The van der Waals surface area contributed by atoms with Crippen molar-refractivity contribution in [2.24, 2.45) is 11.8 Å². The number of likely N-dealkylation sites (tertiary alicyclic amines) is 2. The Labute approximate surface area is 280 Å². The number of hydrogen-bond acceptors (Lipinski definition) is 5. The molecule has 4 heterocycles. The predicted octanol–water partition coefficient (Wildman–Crippen LogP) is 6.28. The van der Waals surface area contributed by atoms with E-state index >= 15 is 0 Å². The number of nitrogens with zero attached hydrogens (tertiary/aromatic N) is 4. The number of piperidine rings is 2. The number of carbonyl (C=O) groups excluding carboxylic acids is 2. The smallest absolute Gasteiger partial charge is 0.271 e. The number of rotatable bonds is 5. The summed E-state index contributed by atoms with van der Waals surface area (Å²) in [6, 6.07) is 9.38. The van der Waals surface area contributed by atoms with Gasteiger partial charge in [0.15, 0.2) is 0 Å². The molecule has 1 aliphatic carbocycles. The summed E-state index contributed by atoms with van der Waals surface area (Å²) in [5.74, 6) is 0.571. The number of amides is 2. The Kier molecular flexibility index (Phi) is 9.30. The molecule has 2 aromatic heterocycles. The van der Waals surface area contributed by atoms with Crippen molar-refractivity contribution in [3.63, 3.8) is 0 Å². The van der Waals surface area contributed by atoms with Crippen LogP contribution in [0, 0.1) is 11.8 Å². The van der Waals surface area contributed by atoms with E-state index in [0.29, 0.717) is 38.5 Å². The summed E-state index contributed by atoms with van der Waals surface area (Å²) in [4.78, 5) is 35.1.